The maximum Gasteiger partial charge on any atom is 0.273 e. The van der Waals surface area contributed by atoms with Crippen LogP contribution in [0.15, 0.2) is 42.5 Å². The standard InChI is InChI=1S/C26H31N5O4S/c1-14(2)9-10-29-25(34)22(17-5-7-19(32)8-6-17)31(18-12-15(3)11-16(4)13-18)26(35)23-20(27)21(24(28)33)30-36-23/h5-8,11-14,22,32H,9-10,27H2,1-4H3,(H2,28,33)(H,29,34)/t22-/m1/s1. The van der Waals surface area contributed by atoms with Gasteiger partial charge in [0.25, 0.3) is 11.8 Å². The van der Waals surface area contributed by atoms with Gasteiger partial charge in [-0.15, -0.1) is 0 Å². The summed E-state index contributed by atoms with van der Waals surface area (Å²) in [5, 5.41) is 12.8. The Labute approximate surface area is 214 Å². The smallest absolute Gasteiger partial charge is 0.273 e. The largest absolute Gasteiger partial charge is 0.508 e. The summed E-state index contributed by atoms with van der Waals surface area (Å²) in [5.74, 6) is -1.44. The van der Waals surface area contributed by atoms with Gasteiger partial charge in [-0.05, 0) is 78.7 Å². The minimum Gasteiger partial charge on any atom is -0.508 e. The van der Waals surface area contributed by atoms with E-state index in [1.54, 1.807) is 24.3 Å². The van der Waals surface area contributed by atoms with Gasteiger partial charge in [-0.2, -0.15) is 4.37 Å². The molecule has 0 aliphatic carbocycles. The van der Waals surface area contributed by atoms with E-state index in [2.05, 4.69) is 23.5 Å². The molecule has 0 aliphatic heterocycles. The zero-order valence-corrected chi connectivity index (χ0v) is 21.6. The van der Waals surface area contributed by atoms with Gasteiger partial charge in [0, 0.05) is 12.2 Å². The minimum absolute atomic E-state index is 0.00159. The van der Waals surface area contributed by atoms with Gasteiger partial charge >= 0.3 is 0 Å². The lowest BCUT2D eigenvalue weighted by Crippen LogP contribution is -2.44. The maximum atomic E-state index is 14.0. The van der Waals surface area contributed by atoms with Crippen molar-refractivity contribution >= 4 is 40.6 Å². The van der Waals surface area contributed by atoms with Crippen molar-refractivity contribution in [2.24, 2.45) is 11.7 Å². The van der Waals surface area contributed by atoms with E-state index in [0.29, 0.717) is 23.7 Å². The van der Waals surface area contributed by atoms with Crippen LogP contribution in [-0.2, 0) is 4.79 Å². The molecule has 3 amide bonds. The van der Waals surface area contributed by atoms with E-state index in [9.17, 15) is 19.5 Å². The van der Waals surface area contributed by atoms with Crippen molar-refractivity contribution in [3.8, 4) is 5.75 Å². The topological polar surface area (TPSA) is 152 Å². The van der Waals surface area contributed by atoms with Crippen LogP contribution in [0, 0.1) is 19.8 Å². The Morgan fingerprint density at radius 1 is 1.08 bits per heavy atom. The first-order chi connectivity index (χ1) is 17.0. The summed E-state index contributed by atoms with van der Waals surface area (Å²) >= 11 is 0.754. The fourth-order valence-corrected chi connectivity index (χ4v) is 4.61. The Hall–Kier alpha value is -3.92. The minimum atomic E-state index is -1.09. The molecule has 190 valence electrons. The molecule has 0 unspecified atom stereocenters. The number of hydrogen-bond acceptors (Lipinski definition) is 7. The number of nitrogens with two attached hydrogens (primary N) is 2. The zero-order valence-electron chi connectivity index (χ0n) is 20.7. The van der Waals surface area contributed by atoms with Gasteiger partial charge in [0.2, 0.25) is 5.91 Å². The number of phenolic OH excluding ortho intramolecular Hbond substituents is 1. The average molecular weight is 510 g/mol. The quantitative estimate of drug-likeness (QED) is 0.345. The Morgan fingerprint density at radius 2 is 1.69 bits per heavy atom. The molecule has 0 radical (unpaired) electrons. The fraction of sp³-hybridized carbons (Fsp3) is 0.308. The third-order valence-corrected chi connectivity index (χ3v) is 6.45. The number of carbonyl (C=O) groups is 3. The van der Waals surface area contributed by atoms with Gasteiger partial charge in [0.05, 0.1) is 5.69 Å². The molecule has 3 aromatic rings. The maximum absolute atomic E-state index is 14.0. The van der Waals surface area contributed by atoms with Crippen LogP contribution < -0.4 is 21.7 Å². The van der Waals surface area contributed by atoms with Crippen LogP contribution in [0.25, 0.3) is 0 Å². The van der Waals surface area contributed by atoms with Crippen molar-refractivity contribution in [2.45, 2.75) is 40.2 Å². The molecular formula is C26H31N5O4S. The van der Waals surface area contributed by atoms with Crippen molar-refractivity contribution in [1.29, 1.82) is 0 Å². The molecule has 1 atom stereocenters. The molecular weight excluding hydrogens is 478 g/mol. The van der Waals surface area contributed by atoms with Crippen LogP contribution in [-0.4, -0.2) is 33.7 Å². The number of nitrogen functional groups attached to an aromatic ring is 1. The SMILES string of the molecule is Cc1cc(C)cc(N(C(=O)c2snc(C(N)=O)c2N)[C@@H](C(=O)NCCC(C)C)c2ccc(O)cc2)c1. The highest BCUT2D eigenvalue weighted by molar-refractivity contribution is 7.09. The molecule has 36 heavy (non-hydrogen) atoms. The molecule has 1 heterocycles. The second kappa shape index (κ2) is 11.2. The lowest BCUT2D eigenvalue weighted by atomic mass is 10.0. The fourth-order valence-electron chi connectivity index (χ4n) is 3.87. The number of benzene rings is 2. The number of aryl methyl sites for hydroxylation is 2. The van der Waals surface area contributed by atoms with Crippen molar-refractivity contribution in [2.75, 3.05) is 17.2 Å². The first-order valence-electron chi connectivity index (χ1n) is 11.5. The third-order valence-electron chi connectivity index (χ3n) is 5.60. The molecule has 6 N–H and O–H groups in total. The number of amides is 3. The summed E-state index contributed by atoms with van der Waals surface area (Å²) in [6.45, 7) is 8.32. The van der Waals surface area contributed by atoms with Gasteiger partial charge in [0.15, 0.2) is 5.69 Å². The van der Waals surface area contributed by atoms with E-state index in [-0.39, 0.29) is 22.0 Å². The number of carbonyl (C=O) groups excluding carboxylic acids is 3. The van der Waals surface area contributed by atoms with E-state index in [1.807, 2.05) is 19.9 Å². The number of nitrogens with one attached hydrogen (secondary N) is 1. The van der Waals surface area contributed by atoms with Gasteiger partial charge in [-0.3, -0.25) is 19.3 Å². The predicted octanol–water partition coefficient (Wildman–Crippen LogP) is 3.70. The predicted molar refractivity (Wildman–Crippen MR) is 141 cm³/mol. The van der Waals surface area contributed by atoms with E-state index >= 15 is 0 Å². The molecule has 9 nitrogen and oxygen atoms in total. The second-order valence-corrected chi connectivity index (χ2v) is 9.90. The number of primary amides is 1. The molecule has 0 spiro atoms. The number of hydrogen-bond donors (Lipinski definition) is 4. The first-order valence-corrected chi connectivity index (χ1v) is 12.3. The molecule has 0 aliphatic rings. The van der Waals surface area contributed by atoms with E-state index < -0.39 is 23.8 Å². The Bertz CT molecular complexity index is 1250. The molecule has 10 heteroatoms. The highest BCUT2D eigenvalue weighted by Gasteiger charge is 2.36. The average Bonchev–Trinajstić information content (AvgIpc) is 3.18. The van der Waals surface area contributed by atoms with Gasteiger partial charge in [-0.25, -0.2) is 0 Å². The highest BCUT2D eigenvalue weighted by Crippen LogP contribution is 2.34. The lowest BCUT2D eigenvalue weighted by Gasteiger charge is -2.32. The van der Waals surface area contributed by atoms with Crippen molar-refractivity contribution in [3.63, 3.8) is 0 Å². The van der Waals surface area contributed by atoms with E-state index in [1.165, 1.54) is 17.0 Å². The van der Waals surface area contributed by atoms with Crippen LogP contribution in [0.4, 0.5) is 11.4 Å². The van der Waals surface area contributed by atoms with Gasteiger partial charge in [0.1, 0.15) is 16.7 Å². The molecule has 0 saturated heterocycles. The monoisotopic (exact) mass is 509 g/mol. The van der Waals surface area contributed by atoms with E-state index in [0.717, 1.165) is 29.1 Å². The zero-order chi connectivity index (χ0) is 26.6. The number of aromatic hydroxyl groups is 1. The van der Waals surface area contributed by atoms with Gasteiger partial charge < -0.3 is 21.9 Å². The van der Waals surface area contributed by atoms with Crippen LogP contribution in [0.2, 0.25) is 0 Å². The van der Waals surface area contributed by atoms with Crippen LogP contribution in [0.3, 0.4) is 0 Å². The number of phenols is 1. The van der Waals surface area contributed by atoms with Crippen molar-refractivity contribution < 1.29 is 19.5 Å². The Kier molecular flexibility index (Phi) is 8.31. The van der Waals surface area contributed by atoms with Crippen LogP contribution >= 0.6 is 11.5 Å². The number of nitrogens with zero attached hydrogens (tertiary/aromatic N) is 2. The summed E-state index contributed by atoms with van der Waals surface area (Å²) in [4.78, 5) is 40.8. The molecule has 0 bridgehead atoms. The lowest BCUT2D eigenvalue weighted by molar-refractivity contribution is -0.122. The second-order valence-electron chi connectivity index (χ2n) is 9.13. The molecule has 0 saturated carbocycles. The number of anilines is 2. The summed E-state index contributed by atoms with van der Waals surface area (Å²) in [5.41, 5.74) is 13.9. The number of aromatic nitrogens is 1. The van der Waals surface area contributed by atoms with E-state index in [4.69, 9.17) is 11.5 Å². The van der Waals surface area contributed by atoms with Crippen LogP contribution in [0.5, 0.6) is 5.75 Å². The summed E-state index contributed by atoms with van der Waals surface area (Å²) in [6.07, 6.45) is 0.759. The summed E-state index contributed by atoms with van der Waals surface area (Å²) < 4.78 is 3.97. The molecule has 1 aromatic heterocycles. The third kappa shape index (κ3) is 6.01. The Morgan fingerprint density at radius 3 is 2.22 bits per heavy atom. The first kappa shape index (κ1) is 26.7. The molecule has 0 fully saturated rings. The normalized spacial score (nSPS) is 11.8. The van der Waals surface area contributed by atoms with Crippen molar-refractivity contribution in [1.82, 2.24) is 9.69 Å². The number of rotatable bonds is 9. The van der Waals surface area contributed by atoms with Gasteiger partial charge in [-0.1, -0.05) is 32.0 Å². The molecule has 2 aromatic carbocycles. The Balaban J connectivity index is 2.19. The highest BCUT2D eigenvalue weighted by atomic mass is 32.1. The molecule has 3 rings (SSSR count). The summed E-state index contributed by atoms with van der Waals surface area (Å²) in [6, 6.07) is 10.6. The van der Waals surface area contributed by atoms with Crippen LogP contribution in [0.1, 0.15) is 63.2 Å². The van der Waals surface area contributed by atoms with Crippen molar-refractivity contribution in [3.05, 3.63) is 69.7 Å². The summed E-state index contributed by atoms with van der Waals surface area (Å²) in [7, 11) is 0.